The van der Waals surface area contributed by atoms with Crippen LogP contribution in [0.25, 0.3) is 0 Å². The summed E-state index contributed by atoms with van der Waals surface area (Å²) in [5.74, 6) is 1.45. The number of benzene rings is 1. The fourth-order valence-corrected chi connectivity index (χ4v) is 1.60. The van der Waals surface area contributed by atoms with Crippen molar-refractivity contribution in [3.8, 4) is 5.75 Å². The molecular formula is C11H11ClN2O3. The minimum atomic E-state index is -0.180. The number of hydrogen-bond acceptors (Lipinski definition) is 5. The summed E-state index contributed by atoms with van der Waals surface area (Å²) in [4.78, 5) is 4.01. The normalized spacial score (nSPS) is 10.5. The Morgan fingerprint density at radius 2 is 2.29 bits per heavy atom. The van der Waals surface area contributed by atoms with Gasteiger partial charge in [0.1, 0.15) is 5.75 Å². The van der Waals surface area contributed by atoms with Crippen LogP contribution in [0.1, 0.15) is 17.3 Å². The number of aliphatic hydroxyl groups is 1. The lowest BCUT2D eigenvalue weighted by molar-refractivity contribution is 0.253. The van der Waals surface area contributed by atoms with Crippen molar-refractivity contribution in [2.45, 2.75) is 20.1 Å². The second kappa shape index (κ2) is 5.16. The highest BCUT2D eigenvalue weighted by Gasteiger charge is 2.09. The SMILES string of the molecule is Cc1nc(COc2cccc(Cl)c2CO)no1. The molecular weight excluding hydrogens is 244 g/mol. The Hall–Kier alpha value is -1.59. The van der Waals surface area contributed by atoms with Gasteiger partial charge in [-0.3, -0.25) is 0 Å². The van der Waals surface area contributed by atoms with Crippen molar-refractivity contribution in [3.63, 3.8) is 0 Å². The van der Waals surface area contributed by atoms with Crippen LogP contribution in [0.4, 0.5) is 0 Å². The van der Waals surface area contributed by atoms with E-state index in [0.29, 0.717) is 28.1 Å². The van der Waals surface area contributed by atoms with E-state index in [9.17, 15) is 5.11 Å². The largest absolute Gasteiger partial charge is 0.485 e. The van der Waals surface area contributed by atoms with Gasteiger partial charge in [0.05, 0.1) is 6.61 Å². The van der Waals surface area contributed by atoms with E-state index in [1.54, 1.807) is 25.1 Å². The first-order valence-electron chi connectivity index (χ1n) is 5.01. The Balaban J connectivity index is 2.11. The number of nitrogens with zero attached hydrogens (tertiary/aromatic N) is 2. The van der Waals surface area contributed by atoms with E-state index in [1.807, 2.05) is 0 Å². The maximum absolute atomic E-state index is 9.19. The van der Waals surface area contributed by atoms with E-state index in [2.05, 4.69) is 10.1 Å². The van der Waals surface area contributed by atoms with E-state index in [1.165, 1.54) is 0 Å². The molecule has 1 aromatic heterocycles. The molecule has 0 amide bonds. The lowest BCUT2D eigenvalue weighted by atomic mass is 10.2. The molecule has 0 bridgehead atoms. The van der Waals surface area contributed by atoms with Gasteiger partial charge >= 0.3 is 0 Å². The van der Waals surface area contributed by atoms with Crippen molar-refractivity contribution in [2.75, 3.05) is 0 Å². The summed E-state index contributed by atoms with van der Waals surface area (Å²) in [5.41, 5.74) is 0.550. The highest BCUT2D eigenvalue weighted by Crippen LogP contribution is 2.26. The van der Waals surface area contributed by atoms with E-state index in [-0.39, 0.29) is 13.2 Å². The molecule has 5 nitrogen and oxygen atoms in total. The van der Waals surface area contributed by atoms with Crippen LogP contribution >= 0.6 is 11.6 Å². The molecule has 0 unspecified atom stereocenters. The average Bonchev–Trinajstić information content (AvgIpc) is 2.72. The van der Waals surface area contributed by atoms with Gasteiger partial charge in [0.2, 0.25) is 11.7 Å². The molecule has 90 valence electrons. The zero-order valence-corrected chi connectivity index (χ0v) is 9.94. The van der Waals surface area contributed by atoms with Crippen LogP contribution in [0.5, 0.6) is 5.75 Å². The summed E-state index contributed by atoms with van der Waals surface area (Å²) in [6.07, 6.45) is 0. The van der Waals surface area contributed by atoms with E-state index < -0.39 is 0 Å². The van der Waals surface area contributed by atoms with Gasteiger partial charge in [-0.1, -0.05) is 22.8 Å². The van der Waals surface area contributed by atoms with Crippen LogP contribution in [0.2, 0.25) is 5.02 Å². The second-order valence-electron chi connectivity index (χ2n) is 3.39. The molecule has 0 saturated heterocycles. The number of ether oxygens (including phenoxy) is 1. The predicted octanol–water partition coefficient (Wildman–Crippen LogP) is 2.10. The first kappa shape index (κ1) is 11.9. The molecule has 6 heteroatoms. The predicted molar refractivity (Wildman–Crippen MR) is 60.7 cm³/mol. The zero-order chi connectivity index (χ0) is 12.3. The second-order valence-corrected chi connectivity index (χ2v) is 3.80. The van der Waals surface area contributed by atoms with Crippen molar-refractivity contribution in [1.29, 1.82) is 0 Å². The number of halogens is 1. The molecule has 0 saturated carbocycles. The van der Waals surface area contributed by atoms with E-state index >= 15 is 0 Å². The van der Waals surface area contributed by atoms with Crippen LogP contribution in [-0.4, -0.2) is 15.2 Å². The van der Waals surface area contributed by atoms with Gasteiger partial charge in [-0.15, -0.1) is 0 Å². The Morgan fingerprint density at radius 1 is 1.47 bits per heavy atom. The molecule has 0 aliphatic carbocycles. The molecule has 0 atom stereocenters. The molecule has 0 fully saturated rings. The average molecular weight is 255 g/mol. The molecule has 0 aliphatic rings. The van der Waals surface area contributed by atoms with E-state index in [4.69, 9.17) is 20.9 Å². The van der Waals surface area contributed by atoms with Gasteiger partial charge in [-0.2, -0.15) is 4.98 Å². The minimum absolute atomic E-state index is 0.171. The summed E-state index contributed by atoms with van der Waals surface area (Å²) in [6, 6.07) is 5.17. The summed E-state index contributed by atoms with van der Waals surface area (Å²) in [5, 5.41) is 13.4. The van der Waals surface area contributed by atoms with Gasteiger partial charge < -0.3 is 14.4 Å². The molecule has 2 aromatic rings. The van der Waals surface area contributed by atoms with Crippen LogP contribution in [0.3, 0.4) is 0 Å². The number of hydrogen-bond donors (Lipinski definition) is 1. The third kappa shape index (κ3) is 2.75. The third-order valence-corrected chi connectivity index (χ3v) is 2.51. The monoisotopic (exact) mass is 254 g/mol. The van der Waals surface area contributed by atoms with Crippen molar-refractivity contribution in [2.24, 2.45) is 0 Å². The maximum Gasteiger partial charge on any atom is 0.223 e. The van der Waals surface area contributed by atoms with Crippen LogP contribution in [0, 0.1) is 6.92 Å². The van der Waals surface area contributed by atoms with Crippen molar-refractivity contribution < 1.29 is 14.4 Å². The van der Waals surface area contributed by atoms with E-state index in [0.717, 1.165) is 0 Å². The number of rotatable bonds is 4. The summed E-state index contributed by atoms with van der Waals surface area (Å²) < 4.78 is 10.3. The third-order valence-electron chi connectivity index (χ3n) is 2.16. The molecule has 0 radical (unpaired) electrons. The summed E-state index contributed by atoms with van der Waals surface area (Å²) >= 11 is 5.93. The smallest absolute Gasteiger partial charge is 0.223 e. The maximum atomic E-state index is 9.19. The lowest BCUT2D eigenvalue weighted by Gasteiger charge is -2.09. The Kier molecular flexibility index (Phi) is 3.61. The van der Waals surface area contributed by atoms with Crippen LogP contribution < -0.4 is 4.74 Å². The first-order valence-corrected chi connectivity index (χ1v) is 5.38. The minimum Gasteiger partial charge on any atom is -0.485 e. The highest BCUT2D eigenvalue weighted by atomic mass is 35.5. The topological polar surface area (TPSA) is 68.4 Å². The van der Waals surface area contributed by atoms with Crippen molar-refractivity contribution in [3.05, 3.63) is 40.5 Å². The van der Waals surface area contributed by atoms with Crippen LogP contribution in [0.15, 0.2) is 22.7 Å². The Labute approximate surface area is 103 Å². The van der Waals surface area contributed by atoms with Gasteiger partial charge in [0.25, 0.3) is 0 Å². The Morgan fingerprint density at radius 3 is 2.94 bits per heavy atom. The number of aromatic nitrogens is 2. The standard InChI is InChI=1S/C11H11ClN2O3/c1-7-13-11(14-17-7)6-16-10-4-2-3-9(12)8(10)5-15/h2-4,15H,5-6H2,1H3. The fraction of sp³-hybridized carbons (Fsp3) is 0.273. The molecule has 0 aliphatic heterocycles. The molecule has 17 heavy (non-hydrogen) atoms. The van der Waals surface area contributed by atoms with Gasteiger partial charge in [-0.05, 0) is 12.1 Å². The van der Waals surface area contributed by atoms with Crippen molar-refractivity contribution >= 4 is 11.6 Å². The van der Waals surface area contributed by atoms with Gasteiger partial charge in [-0.25, -0.2) is 0 Å². The van der Waals surface area contributed by atoms with Gasteiger partial charge in [0.15, 0.2) is 6.61 Å². The van der Waals surface area contributed by atoms with Crippen LogP contribution in [-0.2, 0) is 13.2 Å². The quantitative estimate of drug-likeness (QED) is 0.905. The molecule has 1 heterocycles. The lowest BCUT2D eigenvalue weighted by Crippen LogP contribution is -2.00. The molecule has 2 rings (SSSR count). The molecule has 1 aromatic carbocycles. The molecule has 1 N–H and O–H groups in total. The zero-order valence-electron chi connectivity index (χ0n) is 9.18. The number of aryl methyl sites for hydroxylation is 1. The summed E-state index contributed by atoms with van der Waals surface area (Å²) in [7, 11) is 0. The van der Waals surface area contributed by atoms with Gasteiger partial charge in [0, 0.05) is 17.5 Å². The first-order chi connectivity index (χ1) is 8.20. The fourth-order valence-electron chi connectivity index (χ4n) is 1.37. The summed E-state index contributed by atoms with van der Waals surface area (Å²) in [6.45, 7) is 1.69. The number of aliphatic hydroxyl groups excluding tert-OH is 1. The molecule has 0 spiro atoms. The highest BCUT2D eigenvalue weighted by molar-refractivity contribution is 6.31. The Bertz CT molecular complexity index is 513. The van der Waals surface area contributed by atoms with Crippen molar-refractivity contribution in [1.82, 2.24) is 10.1 Å².